The quantitative estimate of drug-likeness (QED) is 0.746. The van der Waals surface area contributed by atoms with E-state index in [9.17, 15) is 23.1 Å². The molecule has 0 amide bonds. The molecule has 2 aromatic carbocycles. The Morgan fingerprint density at radius 2 is 1.67 bits per heavy atom. The van der Waals surface area contributed by atoms with Crippen LogP contribution in [-0.4, -0.2) is 11.1 Å². The highest BCUT2D eigenvalue weighted by Gasteiger charge is 2.24. The van der Waals surface area contributed by atoms with Gasteiger partial charge in [-0.25, -0.2) is 18.0 Å². The van der Waals surface area contributed by atoms with E-state index in [1.54, 1.807) is 0 Å². The van der Waals surface area contributed by atoms with Crippen molar-refractivity contribution >= 4 is 27.4 Å². The van der Waals surface area contributed by atoms with Crippen molar-refractivity contribution < 1.29 is 23.1 Å². The molecule has 1 heterocycles. The van der Waals surface area contributed by atoms with Crippen LogP contribution in [0.1, 0.15) is 9.67 Å². The smallest absolute Gasteiger partial charge is 0.346 e. The molecular formula is C15H7F3O2S. The van der Waals surface area contributed by atoms with E-state index in [2.05, 4.69) is 0 Å². The molecular weight excluding hydrogens is 301 g/mol. The number of rotatable bonds is 2. The third kappa shape index (κ3) is 2.17. The number of benzene rings is 2. The fraction of sp³-hybridized carbons (Fsp3) is 0. The predicted molar refractivity (Wildman–Crippen MR) is 74.1 cm³/mol. The largest absolute Gasteiger partial charge is 0.477 e. The Labute approximate surface area is 121 Å². The minimum Gasteiger partial charge on any atom is -0.477 e. The molecule has 3 rings (SSSR count). The van der Waals surface area contributed by atoms with Crippen LogP contribution in [0.5, 0.6) is 0 Å². The van der Waals surface area contributed by atoms with E-state index >= 15 is 0 Å². The molecule has 1 N–H and O–H groups in total. The van der Waals surface area contributed by atoms with Crippen molar-refractivity contribution in [2.75, 3.05) is 0 Å². The topological polar surface area (TPSA) is 37.3 Å². The van der Waals surface area contributed by atoms with Crippen LogP contribution in [0, 0.1) is 17.5 Å². The molecule has 1 aromatic heterocycles. The summed E-state index contributed by atoms with van der Waals surface area (Å²) in [5.74, 6) is -3.57. The van der Waals surface area contributed by atoms with Gasteiger partial charge in [-0.3, -0.25) is 0 Å². The summed E-state index contributed by atoms with van der Waals surface area (Å²) in [6.07, 6.45) is 0. The number of carboxylic acid groups (broad SMARTS) is 1. The number of hydrogen-bond donors (Lipinski definition) is 1. The Morgan fingerprint density at radius 1 is 1.00 bits per heavy atom. The summed E-state index contributed by atoms with van der Waals surface area (Å²) in [5.41, 5.74) is -0.467. The zero-order chi connectivity index (χ0) is 15.1. The van der Waals surface area contributed by atoms with Crippen molar-refractivity contribution in [1.82, 2.24) is 0 Å². The van der Waals surface area contributed by atoms with Gasteiger partial charge in [0.25, 0.3) is 0 Å². The van der Waals surface area contributed by atoms with Gasteiger partial charge >= 0.3 is 5.97 Å². The predicted octanol–water partition coefficient (Wildman–Crippen LogP) is 4.68. The van der Waals surface area contributed by atoms with Gasteiger partial charge in [-0.1, -0.05) is 6.07 Å². The Balaban J connectivity index is 2.45. The molecule has 0 saturated carbocycles. The first kappa shape index (κ1) is 13.6. The van der Waals surface area contributed by atoms with E-state index < -0.39 is 29.0 Å². The molecule has 0 aliphatic rings. The lowest BCUT2D eigenvalue weighted by Crippen LogP contribution is -1.98. The monoisotopic (exact) mass is 308 g/mol. The van der Waals surface area contributed by atoms with Gasteiger partial charge in [-0.2, -0.15) is 0 Å². The zero-order valence-electron chi connectivity index (χ0n) is 10.4. The molecule has 0 bridgehead atoms. The SMILES string of the molecule is O=C(O)c1sc2cc(F)ccc2c1-c1c(F)cccc1F. The van der Waals surface area contributed by atoms with Gasteiger partial charge in [0.2, 0.25) is 0 Å². The van der Waals surface area contributed by atoms with Gasteiger partial charge in [0.15, 0.2) is 0 Å². The molecule has 0 aliphatic carbocycles. The van der Waals surface area contributed by atoms with Crippen LogP contribution in [0.4, 0.5) is 13.2 Å². The number of carboxylic acids is 1. The fourth-order valence-electron chi connectivity index (χ4n) is 2.21. The standard InChI is InChI=1S/C15H7F3O2S/c16-7-4-5-8-11(6-7)21-14(15(19)20)12(8)13-9(17)2-1-3-10(13)18/h1-6H,(H,19,20). The van der Waals surface area contributed by atoms with Crippen LogP contribution >= 0.6 is 11.3 Å². The average molecular weight is 308 g/mol. The van der Waals surface area contributed by atoms with E-state index in [4.69, 9.17) is 0 Å². The summed E-state index contributed by atoms with van der Waals surface area (Å²) in [6.45, 7) is 0. The number of carbonyl (C=O) groups is 1. The third-order valence-electron chi connectivity index (χ3n) is 3.06. The maximum atomic E-state index is 14.0. The van der Waals surface area contributed by atoms with Gasteiger partial charge in [0.1, 0.15) is 22.3 Å². The van der Waals surface area contributed by atoms with Crippen LogP contribution in [0.2, 0.25) is 0 Å². The van der Waals surface area contributed by atoms with Crippen LogP contribution < -0.4 is 0 Å². The molecule has 3 aromatic rings. The van der Waals surface area contributed by atoms with E-state index in [0.717, 1.165) is 35.6 Å². The summed E-state index contributed by atoms with van der Waals surface area (Å²) in [4.78, 5) is 11.1. The summed E-state index contributed by atoms with van der Waals surface area (Å²) in [6, 6.07) is 6.91. The summed E-state index contributed by atoms with van der Waals surface area (Å²) in [5, 5.41) is 9.56. The zero-order valence-corrected chi connectivity index (χ0v) is 11.2. The molecule has 0 unspecified atom stereocenters. The molecule has 0 fully saturated rings. The molecule has 2 nitrogen and oxygen atoms in total. The fourth-order valence-corrected chi connectivity index (χ4v) is 3.28. The van der Waals surface area contributed by atoms with Gasteiger partial charge in [-0.15, -0.1) is 11.3 Å². The second kappa shape index (κ2) is 4.89. The van der Waals surface area contributed by atoms with Crippen molar-refractivity contribution in [3.63, 3.8) is 0 Å². The molecule has 6 heteroatoms. The van der Waals surface area contributed by atoms with E-state index in [0.29, 0.717) is 10.1 Å². The van der Waals surface area contributed by atoms with E-state index in [1.807, 2.05) is 0 Å². The highest BCUT2D eigenvalue weighted by Crippen LogP contribution is 2.41. The van der Waals surface area contributed by atoms with Crippen LogP contribution in [-0.2, 0) is 0 Å². The lowest BCUT2D eigenvalue weighted by Gasteiger charge is -2.05. The number of hydrogen-bond acceptors (Lipinski definition) is 2. The third-order valence-corrected chi connectivity index (χ3v) is 4.20. The summed E-state index contributed by atoms with van der Waals surface area (Å²) < 4.78 is 41.5. The van der Waals surface area contributed by atoms with Crippen molar-refractivity contribution in [3.05, 3.63) is 58.7 Å². The average Bonchev–Trinajstić information content (AvgIpc) is 2.77. The normalized spacial score (nSPS) is 11.0. The number of fused-ring (bicyclic) bond motifs is 1. The van der Waals surface area contributed by atoms with E-state index in [-0.39, 0.29) is 10.4 Å². The second-order valence-corrected chi connectivity index (χ2v) is 5.40. The molecule has 21 heavy (non-hydrogen) atoms. The first-order chi connectivity index (χ1) is 9.99. The van der Waals surface area contributed by atoms with Gasteiger partial charge in [0.05, 0.1) is 5.56 Å². The first-order valence-corrected chi connectivity index (χ1v) is 6.70. The highest BCUT2D eigenvalue weighted by molar-refractivity contribution is 7.21. The molecule has 0 radical (unpaired) electrons. The van der Waals surface area contributed by atoms with Gasteiger partial charge < -0.3 is 5.11 Å². The minimum atomic E-state index is -1.31. The number of aromatic carboxylic acids is 1. The molecule has 0 saturated heterocycles. The lowest BCUT2D eigenvalue weighted by molar-refractivity contribution is 0.0703. The second-order valence-electron chi connectivity index (χ2n) is 4.35. The van der Waals surface area contributed by atoms with E-state index in [1.165, 1.54) is 12.1 Å². The Morgan fingerprint density at radius 3 is 2.29 bits per heavy atom. The highest BCUT2D eigenvalue weighted by atomic mass is 32.1. The Kier molecular flexibility index (Phi) is 3.17. The van der Waals surface area contributed by atoms with Crippen molar-refractivity contribution in [1.29, 1.82) is 0 Å². The summed E-state index contributed by atoms with van der Waals surface area (Å²) in [7, 11) is 0. The minimum absolute atomic E-state index is 0.0573. The molecule has 0 atom stereocenters. The number of halogens is 3. The van der Waals surface area contributed by atoms with Gasteiger partial charge in [-0.05, 0) is 30.3 Å². The van der Waals surface area contributed by atoms with Crippen LogP contribution in [0.15, 0.2) is 36.4 Å². The van der Waals surface area contributed by atoms with Gasteiger partial charge in [0, 0.05) is 15.6 Å². The molecule has 0 aliphatic heterocycles. The van der Waals surface area contributed by atoms with Crippen LogP contribution in [0.25, 0.3) is 21.2 Å². The molecule has 106 valence electrons. The Bertz CT molecular complexity index is 850. The first-order valence-electron chi connectivity index (χ1n) is 5.88. The van der Waals surface area contributed by atoms with Crippen LogP contribution in [0.3, 0.4) is 0 Å². The van der Waals surface area contributed by atoms with Crippen molar-refractivity contribution in [3.8, 4) is 11.1 Å². The van der Waals surface area contributed by atoms with Crippen molar-refractivity contribution in [2.45, 2.75) is 0 Å². The number of thiophene rings is 1. The maximum absolute atomic E-state index is 14.0. The maximum Gasteiger partial charge on any atom is 0.346 e. The Hall–Kier alpha value is -2.34. The van der Waals surface area contributed by atoms with Crippen molar-refractivity contribution in [2.24, 2.45) is 0 Å². The summed E-state index contributed by atoms with van der Waals surface area (Å²) >= 11 is 0.786. The molecule has 0 spiro atoms. The lowest BCUT2D eigenvalue weighted by atomic mass is 10.0.